The van der Waals surface area contributed by atoms with Crippen LogP contribution in [0.15, 0.2) is 24.3 Å². The van der Waals surface area contributed by atoms with E-state index in [9.17, 15) is 18.4 Å². The molecule has 11 heteroatoms. The molecule has 0 fully saturated rings. The van der Waals surface area contributed by atoms with Crippen LogP contribution in [0.2, 0.25) is 0 Å². The Labute approximate surface area is 193 Å². The summed E-state index contributed by atoms with van der Waals surface area (Å²) in [6, 6.07) is 6.83. The number of aromatic nitrogens is 1. The molecule has 1 aromatic heterocycles. The highest BCUT2D eigenvalue weighted by Gasteiger charge is 2.28. The predicted molar refractivity (Wildman–Crippen MR) is 120 cm³/mol. The lowest BCUT2D eigenvalue weighted by Gasteiger charge is -2.29. The Balaban J connectivity index is 1.68. The fourth-order valence-electron chi connectivity index (χ4n) is 3.16. The van der Waals surface area contributed by atoms with Crippen LogP contribution in [-0.2, 0) is 40.1 Å². The van der Waals surface area contributed by atoms with Crippen LogP contribution in [0.5, 0.6) is 0 Å². The van der Waals surface area contributed by atoms with Crippen molar-refractivity contribution in [1.82, 2.24) is 9.88 Å². The zero-order chi connectivity index (χ0) is 23.5. The zero-order valence-corrected chi connectivity index (χ0v) is 20.1. The molecule has 1 aromatic carbocycles. The highest BCUT2D eigenvalue weighted by Crippen LogP contribution is 2.32. The van der Waals surface area contributed by atoms with Gasteiger partial charge in [0.15, 0.2) is 5.13 Å². The number of carbonyl (C=O) groups is 2. The summed E-state index contributed by atoms with van der Waals surface area (Å²) in [4.78, 5) is 30.9. The van der Waals surface area contributed by atoms with Gasteiger partial charge in [-0.05, 0) is 44.9 Å². The van der Waals surface area contributed by atoms with Crippen LogP contribution in [-0.4, -0.2) is 56.5 Å². The first-order valence-electron chi connectivity index (χ1n) is 10.1. The summed E-state index contributed by atoms with van der Waals surface area (Å²) in [5, 5.41) is 0.376. The molecular weight excluding hydrogens is 454 g/mol. The van der Waals surface area contributed by atoms with Crippen LogP contribution in [0.3, 0.4) is 0 Å². The maximum atomic E-state index is 12.4. The van der Waals surface area contributed by atoms with Gasteiger partial charge in [-0.2, -0.15) is 0 Å². The van der Waals surface area contributed by atoms with Crippen LogP contribution in [0, 0.1) is 0 Å². The quantitative estimate of drug-likeness (QED) is 0.461. The van der Waals surface area contributed by atoms with E-state index in [0.717, 1.165) is 16.1 Å². The number of carbonyl (C=O) groups excluding carboxylic acids is 2. The minimum absolute atomic E-state index is 0.204. The Kier molecular flexibility index (Phi) is 7.52. The Morgan fingerprint density at radius 2 is 1.97 bits per heavy atom. The molecule has 0 saturated heterocycles. The van der Waals surface area contributed by atoms with Crippen molar-refractivity contribution in [3.63, 3.8) is 0 Å². The second-order valence-electron chi connectivity index (χ2n) is 8.28. The van der Waals surface area contributed by atoms with E-state index in [4.69, 9.17) is 4.74 Å². The summed E-state index contributed by atoms with van der Waals surface area (Å²) < 4.78 is 35.1. The molecule has 9 nitrogen and oxygen atoms in total. The van der Waals surface area contributed by atoms with Gasteiger partial charge in [0.1, 0.15) is 5.60 Å². The molecule has 1 amide bonds. The molecule has 0 bridgehead atoms. The lowest BCUT2D eigenvalue weighted by Crippen LogP contribution is -2.39. The van der Waals surface area contributed by atoms with E-state index in [2.05, 4.69) is 9.72 Å². The van der Waals surface area contributed by atoms with Gasteiger partial charge in [0, 0.05) is 35.7 Å². The number of methoxy groups -OCH3 is 1. The maximum absolute atomic E-state index is 12.4. The van der Waals surface area contributed by atoms with E-state index in [0.29, 0.717) is 36.6 Å². The van der Waals surface area contributed by atoms with Gasteiger partial charge in [0.2, 0.25) is 0 Å². The van der Waals surface area contributed by atoms with Crippen molar-refractivity contribution in [2.45, 2.75) is 45.8 Å². The van der Waals surface area contributed by atoms with Gasteiger partial charge in [-0.25, -0.2) is 14.6 Å². The molecule has 1 atom stereocenters. The Morgan fingerprint density at radius 1 is 1.28 bits per heavy atom. The van der Waals surface area contributed by atoms with Crippen LogP contribution < -0.4 is 4.31 Å². The van der Waals surface area contributed by atoms with Gasteiger partial charge in [-0.15, -0.1) is 0 Å². The van der Waals surface area contributed by atoms with Crippen molar-refractivity contribution in [3.05, 3.63) is 46.0 Å². The lowest BCUT2D eigenvalue weighted by molar-refractivity contribution is 0.0225. The fourth-order valence-corrected chi connectivity index (χ4v) is 4.92. The molecule has 3 rings (SSSR count). The molecule has 0 aliphatic carbocycles. The van der Waals surface area contributed by atoms with E-state index in [1.54, 1.807) is 29.2 Å². The van der Waals surface area contributed by atoms with Crippen LogP contribution in [0.1, 0.15) is 47.3 Å². The van der Waals surface area contributed by atoms with E-state index < -0.39 is 28.9 Å². The minimum Gasteiger partial charge on any atom is -0.755 e. The number of hydrogen-bond acceptors (Lipinski definition) is 8. The van der Waals surface area contributed by atoms with E-state index in [1.807, 2.05) is 20.8 Å². The standard InChI is InChI=1S/C21H27N3O6S2/c1-21(2,3)30-20(26)23-11-10-16-17(13-23)31-19(22-16)24(32(27)28)12-9-14-5-7-15(8-6-14)18(25)29-4/h5-8H,9-13H2,1-4H3,(H,27,28)/p-1. The van der Waals surface area contributed by atoms with E-state index in [1.165, 1.54) is 22.8 Å². The molecule has 0 radical (unpaired) electrons. The SMILES string of the molecule is COC(=O)c1ccc(CCN(c2nc3c(s2)CN(C(=O)OC(C)(C)C)CC3)S(=O)[O-])cc1. The van der Waals surface area contributed by atoms with Crippen LogP contribution in [0.4, 0.5) is 9.93 Å². The normalized spacial score (nSPS) is 14.5. The Hall–Kier alpha value is -2.50. The topological polar surface area (TPSA) is 112 Å². The number of rotatable bonds is 6. The van der Waals surface area contributed by atoms with E-state index in [-0.39, 0.29) is 6.54 Å². The second kappa shape index (κ2) is 9.97. The number of hydrogen-bond donors (Lipinski definition) is 0. The minimum atomic E-state index is -2.50. The molecular formula is C21H26N3O6S2-. The molecule has 0 saturated carbocycles. The lowest BCUT2D eigenvalue weighted by atomic mass is 10.1. The predicted octanol–water partition coefficient (Wildman–Crippen LogP) is 3.07. The molecule has 0 N–H and O–H groups in total. The number of amides is 1. The highest BCUT2D eigenvalue weighted by atomic mass is 32.2. The molecule has 2 aromatic rings. The summed E-state index contributed by atoms with van der Waals surface area (Å²) in [7, 11) is 1.32. The van der Waals surface area contributed by atoms with Gasteiger partial charge in [-0.3, -0.25) is 8.51 Å². The van der Waals surface area contributed by atoms with Crippen LogP contribution in [0.25, 0.3) is 0 Å². The van der Waals surface area contributed by atoms with Crippen LogP contribution >= 0.6 is 11.3 Å². The van der Waals surface area contributed by atoms with Crippen molar-refractivity contribution >= 4 is 39.8 Å². The number of thiazole rings is 1. The van der Waals surface area contributed by atoms with Gasteiger partial charge < -0.3 is 18.9 Å². The number of ether oxygens (including phenoxy) is 2. The number of esters is 1. The van der Waals surface area contributed by atoms with Crippen molar-refractivity contribution in [1.29, 1.82) is 0 Å². The first-order valence-corrected chi connectivity index (χ1v) is 11.9. The Bertz CT molecular complexity index is 1000. The van der Waals surface area contributed by atoms with Crippen molar-refractivity contribution < 1.29 is 27.8 Å². The Morgan fingerprint density at radius 3 is 2.56 bits per heavy atom. The average Bonchev–Trinajstić information content (AvgIpc) is 3.15. The third kappa shape index (κ3) is 6.05. The molecule has 174 valence electrons. The van der Waals surface area contributed by atoms with Crippen molar-refractivity contribution in [2.24, 2.45) is 0 Å². The number of nitrogens with zero attached hydrogens (tertiary/aromatic N) is 3. The summed E-state index contributed by atoms with van der Waals surface area (Å²) >= 11 is -1.23. The summed E-state index contributed by atoms with van der Waals surface area (Å²) in [6.45, 7) is 6.46. The molecule has 1 aliphatic rings. The van der Waals surface area contributed by atoms with Gasteiger partial charge in [0.25, 0.3) is 0 Å². The van der Waals surface area contributed by atoms with Gasteiger partial charge >= 0.3 is 12.1 Å². The number of anilines is 1. The third-order valence-corrected chi connectivity index (χ3v) is 6.68. The molecule has 1 unspecified atom stereocenters. The molecule has 32 heavy (non-hydrogen) atoms. The average molecular weight is 481 g/mol. The maximum Gasteiger partial charge on any atom is 0.410 e. The number of fused-ring (bicyclic) bond motifs is 1. The first-order chi connectivity index (χ1) is 15.1. The smallest absolute Gasteiger partial charge is 0.410 e. The largest absolute Gasteiger partial charge is 0.755 e. The molecule has 1 aliphatic heterocycles. The summed E-state index contributed by atoms with van der Waals surface area (Å²) in [5.41, 5.74) is 1.54. The third-order valence-electron chi connectivity index (χ3n) is 4.74. The monoisotopic (exact) mass is 480 g/mol. The highest BCUT2D eigenvalue weighted by molar-refractivity contribution is 7.80. The van der Waals surface area contributed by atoms with Crippen molar-refractivity contribution in [2.75, 3.05) is 24.5 Å². The second-order valence-corrected chi connectivity index (χ2v) is 10.2. The van der Waals surface area contributed by atoms with E-state index >= 15 is 0 Å². The molecule has 0 spiro atoms. The summed E-state index contributed by atoms with van der Waals surface area (Å²) in [5.74, 6) is -0.423. The van der Waals surface area contributed by atoms with Crippen molar-refractivity contribution in [3.8, 4) is 0 Å². The first kappa shape index (κ1) is 24.1. The fraction of sp³-hybridized carbons (Fsp3) is 0.476. The van der Waals surface area contributed by atoms with Gasteiger partial charge in [-0.1, -0.05) is 23.5 Å². The number of benzene rings is 1. The zero-order valence-electron chi connectivity index (χ0n) is 18.5. The molecule has 2 heterocycles. The summed E-state index contributed by atoms with van der Waals surface area (Å²) in [6.07, 6.45) is 0.598. The van der Waals surface area contributed by atoms with Gasteiger partial charge in [0.05, 0.1) is 24.9 Å².